The summed E-state index contributed by atoms with van der Waals surface area (Å²) >= 11 is 0. The van der Waals surface area contributed by atoms with Crippen molar-refractivity contribution < 1.29 is 30.2 Å². The van der Waals surface area contributed by atoms with Crippen molar-refractivity contribution in [1.29, 1.82) is 0 Å². The van der Waals surface area contributed by atoms with Crippen LogP contribution in [0.1, 0.15) is 45.4 Å². The van der Waals surface area contributed by atoms with Crippen LogP contribution in [0.2, 0.25) is 6.04 Å². The third-order valence-corrected chi connectivity index (χ3v) is 6.17. The molecule has 0 spiro atoms. The second-order valence-corrected chi connectivity index (χ2v) is 8.88. The molecule has 0 aromatic carbocycles. The van der Waals surface area contributed by atoms with Crippen LogP contribution in [-0.4, -0.2) is 55.3 Å². The summed E-state index contributed by atoms with van der Waals surface area (Å²) in [4.78, 5) is 0. The number of hydrogen-bond acceptors (Lipinski definition) is 3. The van der Waals surface area contributed by atoms with Gasteiger partial charge in [-0.1, -0.05) is 32.6 Å². The molecule has 22 heavy (non-hydrogen) atoms. The smallest absolute Gasteiger partial charge is 0.512 e. The Morgan fingerprint density at radius 1 is 0.864 bits per heavy atom. The molecular weight excluding hydrogens is 318 g/mol. The molecule has 0 fully saturated rings. The van der Waals surface area contributed by atoms with E-state index in [1.165, 1.54) is 38.5 Å². The van der Waals surface area contributed by atoms with Crippen LogP contribution in [0.3, 0.4) is 0 Å². The summed E-state index contributed by atoms with van der Waals surface area (Å²) < 4.78 is 16.8. The maximum Gasteiger partial charge on any atom is 0.512 e. The number of nitrogens with zero attached hydrogens (tertiary/aromatic N) is 1. The number of unbranched alkanes of at least 4 members (excludes halogenated alkanes) is 5. The molecule has 132 valence electrons. The lowest BCUT2D eigenvalue weighted by Gasteiger charge is -2.23. The van der Waals surface area contributed by atoms with Gasteiger partial charge >= 0.3 is 8.80 Å². The van der Waals surface area contributed by atoms with Gasteiger partial charge in [0.25, 0.3) is 0 Å². The first kappa shape index (κ1) is 24.2. The van der Waals surface area contributed by atoms with E-state index in [2.05, 4.69) is 33.0 Å². The highest BCUT2D eigenvalue weighted by molar-refractivity contribution is 6.61. The fraction of sp³-hybridized carbons (Fsp3) is 0.875. The maximum absolute atomic E-state index is 5.37. The van der Waals surface area contributed by atoms with Crippen LogP contribution >= 0.6 is 0 Å². The van der Waals surface area contributed by atoms with Gasteiger partial charge in [0.15, 0.2) is 0 Å². The Morgan fingerprint density at radius 3 is 1.86 bits per heavy atom. The van der Waals surface area contributed by atoms with Crippen LogP contribution in [0.25, 0.3) is 0 Å². The second-order valence-electron chi connectivity index (χ2n) is 5.94. The van der Waals surface area contributed by atoms with E-state index >= 15 is 0 Å². The van der Waals surface area contributed by atoms with Crippen LogP contribution in [0.5, 0.6) is 0 Å². The minimum absolute atomic E-state index is 0. The van der Waals surface area contributed by atoms with Crippen LogP contribution in [0, 0.1) is 12.0 Å². The molecule has 0 aliphatic heterocycles. The van der Waals surface area contributed by atoms with Crippen LogP contribution < -0.4 is 12.4 Å². The highest BCUT2D eigenvalue weighted by Gasteiger charge is 2.37. The summed E-state index contributed by atoms with van der Waals surface area (Å²) in [5, 5.41) is 0. The minimum Gasteiger partial charge on any atom is -1.00 e. The number of quaternary nitrogens is 1. The lowest BCUT2D eigenvalue weighted by molar-refractivity contribution is -0.822. The van der Waals surface area contributed by atoms with Gasteiger partial charge in [-0.25, -0.2) is 0 Å². The molecule has 0 saturated carbocycles. The fourth-order valence-electron chi connectivity index (χ4n) is 2.17. The molecule has 0 aliphatic carbocycles. The van der Waals surface area contributed by atoms with Crippen molar-refractivity contribution in [2.45, 2.75) is 51.5 Å². The molecule has 0 aliphatic rings. The topological polar surface area (TPSA) is 27.7 Å². The number of rotatable bonds is 11. The Kier molecular flexibility index (Phi) is 14.7. The van der Waals surface area contributed by atoms with Gasteiger partial charge in [-0.3, -0.25) is 4.48 Å². The van der Waals surface area contributed by atoms with Crippen LogP contribution in [0.4, 0.5) is 0 Å². The average Bonchev–Trinajstić information content (AvgIpc) is 2.48. The van der Waals surface area contributed by atoms with E-state index in [0.29, 0.717) is 6.04 Å². The van der Waals surface area contributed by atoms with Crippen LogP contribution in [0.15, 0.2) is 0 Å². The second kappa shape index (κ2) is 13.4. The van der Waals surface area contributed by atoms with Crippen LogP contribution in [-0.2, 0) is 13.3 Å². The van der Waals surface area contributed by atoms with Gasteiger partial charge in [0.05, 0.1) is 26.7 Å². The molecule has 0 unspecified atom stereocenters. The fourth-order valence-corrected chi connectivity index (χ4v) is 3.40. The van der Waals surface area contributed by atoms with Gasteiger partial charge in [0.1, 0.15) is 6.04 Å². The summed E-state index contributed by atoms with van der Waals surface area (Å²) in [7, 11) is 6.61. The van der Waals surface area contributed by atoms with E-state index in [-0.39, 0.29) is 12.4 Å². The normalized spacial score (nSPS) is 11.5. The van der Waals surface area contributed by atoms with Gasteiger partial charge in [-0.05, 0) is 18.8 Å². The van der Waals surface area contributed by atoms with Crippen molar-refractivity contribution in [1.82, 2.24) is 0 Å². The summed E-state index contributed by atoms with van der Waals surface area (Å²) in [6.07, 6.45) is 7.89. The zero-order valence-corrected chi connectivity index (χ0v) is 17.0. The zero-order valence-electron chi connectivity index (χ0n) is 15.2. The lowest BCUT2D eigenvalue weighted by atomic mass is 10.1. The molecular formula is C16H34ClNO3Si. The Labute approximate surface area is 144 Å². The Balaban J connectivity index is 0. The molecule has 0 N–H and O–H groups in total. The maximum atomic E-state index is 5.37. The van der Waals surface area contributed by atoms with E-state index < -0.39 is 8.80 Å². The SMILES string of the molecule is CCCCCCCC[N+](C)(C)C#CC[Si](OC)(OC)OC.[Cl-]. The summed E-state index contributed by atoms with van der Waals surface area (Å²) in [6, 6.07) is 3.84. The molecule has 0 radical (unpaired) electrons. The predicted octanol–water partition coefficient (Wildman–Crippen LogP) is 0.266. The summed E-state index contributed by atoms with van der Waals surface area (Å²) in [5.41, 5.74) is 0. The van der Waals surface area contributed by atoms with Crippen molar-refractivity contribution in [3.63, 3.8) is 0 Å². The monoisotopic (exact) mass is 351 g/mol. The molecule has 0 rings (SSSR count). The molecule has 6 heteroatoms. The average molecular weight is 352 g/mol. The Hall–Kier alpha value is -0.0931. The molecule has 0 aromatic heterocycles. The van der Waals surface area contributed by atoms with Crippen molar-refractivity contribution in [2.24, 2.45) is 0 Å². The third-order valence-electron chi connectivity index (χ3n) is 3.69. The zero-order chi connectivity index (χ0) is 16.2. The Morgan fingerprint density at radius 2 is 1.36 bits per heavy atom. The van der Waals surface area contributed by atoms with E-state index in [1.54, 1.807) is 21.3 Å². The van der Waals surface area contributed by atoms with Gasteiger partial charge in [0.2, 0.25) is 0 Å². The summed E-state index contributed by atoms with van der Waals surface area (Å²) in [5.74, 6) is 3.19. The largest absolute Gasteiger partial charge is 1.00 e. The minimum atomic E-state index is -2.55. The standard InChI is InChI=1S/C16H34NO3Si.ClH/c1-7-8-9-10-11-12-14-17(2,3)15-13-16-21(18-4,19-5)20-6;/h7-12,14,16H2,1-6H3;1H/q+1;/p-1. The van der Waals surface area contributed by atoms with Crippen molar-refractivity contribution in [3.05, 3.63) is 0 Å². The number of halogens is 1. The quantitative estimate of drug-likeness (QED) is 0.231. The molecule has 0 aromatic rings. The first-order valence-electron chi connectivity index (χ1n) is 7.94. The first-order chi connectivity index (χ1) is 9.95. The summed E-state index contributed by atoms with van der Waals surface area (Å²) in [6.45, 7) is 3.33. The highest BCUT2D eigenvalue weighted by Crippen LogP contribution is 2.12. The van der Waals surface area contributed by atoms with Gasteiger partial charge in [-0.2, -0.15) is 0 Å². The van der Waals surface area contributed by atoms with E-state index in [4.69, 9.17) is 13.3 Å². The molecule has 0 amide bonds. The van der Waals surface area contributed by atoms with Gasteiger partial charge in [0, 0.05) is 21.3 Å². The molecule has 0 atom stereocenters. The lowest BCUT2D eigenvalue weighted by Crippen LogP contribution is -3.00. The molecule has 0 saturated heterocycles. The van der Waals surface area contributed by atoms with E-state index in [0.717, 1.165) is 11.0 Å². The number of hydrogen-bond donors (Lipinski definition) is 0. The van der Waals surface area contributed by atoms with Gasteiger partial charge in [-0.15, -0.1) is 0 Å². The molecule has 0 heterocycles. The first-order valence-corrected chi connectivity index (χ1v) is 9.87. The Bertz CT molecular complexity index is 317. The highest BCUT2D eigenvalue weighted by atomic mass is 35.5. The van der Waals surface area contributed by atoms with Crippen molar-refractivity contribution >= 4 is 8.80 Å². The van der Waals surface area contributed by atoms with E-state index in [1.807, 2.05) is 0 Å². The van der Waals surface area contributed by atoms with Gasteiger partial charge < -0.3 is 25.7 Å². The third kappa shape index (κ3) is 10.6. The predicted molar refractivity (Wildman–Crippen MR) is 89.7 cm³/mol. The van der Waals surface area contributed by atoms with E-state index in [9.17, 15) is 0 Å². The molecule has 0 bridgehead atoms. The van der Waals surface area contributed by atoms with Crippen molar-refractivity contribution in [3.8, 4) is 12.0 Å². The van der Waals surface area contributed by atoms with Crippen molar-refractivity contribution in [2.75, 3.05) is 42.0 Å². The molecule has 4 nitrogen and oxygen atoms in total.